The van der Waals surface area contributed by atoms with E-state index in [9.17, 15) is 4.79 Å². The van der Waals surface area contributed by atoms with E-state index in [1.807, 2.05) is 0 Å². The number of benzene rings is 1. The van der Waals surface area contributed by atoms with Gasteiger partial charge in [0, 0.05) is 0 Å². The normalized spacial score (nSPS) is 17.2. The summed E-state index contributed by atoms with van der Waals surface area (Å²) in [6.45, 7) is 2.12. The highest BCUT2D eigenvalue weighted by Crippen LogP contribution is 2.38. The van der Waals surface area contributed by atoms with Crippen molar-refractivity contribution in [2.45, 2.75) is 44.6 Å². The van der Waals surface area contributed by atoms with Gasteiger partial charge in [-0.2, -0.15) is 0 Å². The molecule has 1 saturated carbocycles. The van der Waals surface area contributed by atoms with Crippen LogP contribution in [-0.2, 0) is 11.2 Å². The van der Waals surface area contributed by atoms with Gasteiger partial charge < -0.3 is 14.6 Å². The molecule has 4 nitrogen and oxygen atoms in total. The number of aliphatic carboxylic acids is 1. The zero-order chi connectivity index (χ0) is 13.9. The molecule has 1 N–H and O–H groups in total. The Kier molecular flexibility index (Phi) is 3.98. The zero-order valence-corrected chi connectivity index (χ0v) is 11.4. The molecule has 1 fully saturated rings. The second-order valence-corrected chi connectivity index (χ2v) is 5.31. The molecule has 0 saturated heterocycles. The molecule has 0 atom stereocenters. The maximum atomic E-state index is 10.7. The standard InChI is InChI=1S/C15H20O4/c1-15(7-3-4-8-15)19-12-6-5-11(10-14(16)17)9-13(12)18-2/h5-6,9H,3-4,7-8,10H2,1-2H3,(H,16,17). The summed E-state index contributed by atoms with van der Waals surface area (Å²) in [5, 5.41) is 8.80. The largest absolute Gasteiger partial charge is 0.493 e. The maximum Gasteiger partial charge on any atom is 0.307 e. The van der Waals surface area contributed by atoms with Crippen LogP contribution in [-0.4, -0.2) is 23.8 Å². The van der Waals surface area contributed by atoms with Crippen LogP contribution in [0.5, 0.6) is 11.5 Å². The lowest BCUT2D eigenvalue weighted by Gasteiger charge is -2.26. The molecule has 0 radical (unpaired) electrons. The van der Waals surface area contributed by atoms with E-state index < -0.39 is 5.97 Å². The number of rotatable bonds is 5. The zero-order valence-electron chi connectivity index (χ0n) is 11.4. The first-order chi connectivity index (χ1) is 9.02. The van der Waals surface area contributed by atoms with Gasteiger partial charge in [0.25, 0.3) is 0 Å². The van der Waals surface area contributed by atoms with E-state index in [1.54, 1.807) is 25.3 Å². The van der Waals surface area contributed by atoms with E-state index in [-0.39, 0.29) is 12.0 Å². The predicted molar refractivity (Wildman–Crippen MR) is 71.8 cm³/mol. The highest BCUT2D eigenvalue weighted by atomic mass is 16.5. The molecule has 1 aromatic rings. The Balaban J connectivity index is 2.18. The molecule has 1 aromatic carbocycles. The molecule has 0 aromatic heterocycles. The van der Waals surface area contributed by atoms with Gasteiger partial charge in [-0.15, -0.1) is 0 Å². The number of methoxy groups -OCH3 is 1. The number of hydrogen-bond donors (Lipinski definition) is 1. The third kappa shape index (κ3) is 3.40. The first-order valence-electron chi connectivity index (χ1n) is 6.60. The molecule has 4 heteroatoms. The third-order valence-corrected chi connectivity index (χ3v) is 3.60. The molecule has 1 aliphatic carbocycles. The summed E-state index contributed by atoms with van der Waals surface area (Å²) in [5.41, 5.74) is 0.593. The van der Waals surface area contributed by atoms with Gasteiger partial charge in [0.15, 0.2) is 11.5 Å². The summed E-state index contributed by atoms with van der Waals surface area (Å²) in [4.78, 5) is 10.7. The van der Waals surface area contributed by atoms with Crippen LogP contribution in [0.15, 0.2) is 18.2 Å². The number of carbonyl (C=O) groups is 1. The topological polar surface area (TPSA) is 55.8 Å². The lowest BCUT2D eigenvalue weighted by Crippen LogP contribution is -2.28. The molecule has 0 bridgehead atoms. The molecule has 0 amide bonds. The molecule has 19 heavy (non-hydrogen) atoms. The summed E-state index contributed by atoms with van der Waals surface area (Å²) in [6, 6.07) is 5.33. The molecule has 0 spiro atoms. The van der Waals surface area contributed by atoms with Crippen LogP contribution in [0.3, 0.4) is 0 Å². The van der Waals surface area contributed by atoms with Crippen molar-refractivity contribution in [1.29, 1.82) is 0 Å². The van der Waals surface area contributed by atoms with Crippen LogP contribution in [0.1, 0.15) is 38.2 Å². The Labute approximate surface area is 113 Å². The Bertz CT molecular complexity index is 461. The van der Waals surface area contributed by atoms with E-state index in [4.69, 9.17) is 14.6 Å². The van der Waals surface area contributed by atoms with Crippen LogP contribution in [0.4, 0.5) is 0 Å². The second-order valence-electron chi connectivity index (χ2n) is 5.31. The van der Waals surface area contributed by atoms with E-state index in [0.29, 0.717) is 17.1 Å². The van der Waals surface area contributed by atoms with Gasteiger partial charge >= 0.3 is 5.97 Å². The van der Waals surface area contributed by atoms with E-state index in [0.717, 1.165) is 12.8 Å². The lowest BCUT2D eigenvalue weighted by atomic mass is 10.1. The number of carboxylic acid groups (broad SMARTS) is 1. The number of ether oxygens (including phenoxy) is 2. The fraction of sp³-hybridized carbons (Fsp3) is 0.533. The minimum Gasteiger partial charge on any atom is -0.493 e. The van der Waals surface area contributed by atoms with Crippen molar-refractivity contribution in [1.82, 2.24) is 0 Å². The first-order valence-corrected chi connectivity index (χ1v) is 6.60. The number of carboxylic acids is 1. The summed E-state index contributed by atoms with van der Waals surface area (Å²) in [6.07, 6.45) is 4.47. The van der Waals surface area contributed by atoms with Gasteiger partial charge in [0.05, 0.1) is 13.5 Å². The van der Waals surface area contributed by atoms with Gasteiger partial charge in [0.1, 0.15) is 5.60 Å². The fourth-order valence-electron chi connectivity index (χ4n) is 2.57. The van der Waals surface area contributed by atoms with Gasteiger partial charge in [-0.3, -0.25) is 4.79 Å². The molecule has 104 valence electrons. The molecule has 1 aliphatic rings. The first kappa shape index (κ1) is 13.7. The summed E-state index contributed by atoms with van der Waals surface area (Å²) < 4.78 is 11.4. The van der Waals surface area contributed by atoms with Crippen LogP contribution in [0.25, 0.3) is 0 Å². The van der Waals surface area contributed by atoms with Crippen molar-refractivity contribution in [2.75, 3.05) is 7.11 Å². The van der Waals surface area contributed by atoms with Crippen molar-refractivity contribution in [3.63, 3.8) is 0 Å². The minimum atomic E-state index is -0.849. The molecular formula is C15H20O4. The molecule has 0 unspecified atom stereocenters. The second kappa shape index (κ2) is 5.51. The van der Waals surface area contributed by atoms with Gasteiger partial charge in [0.2, 0.25) is 0 Å². The van der Waals surface area contributed by atoms with Crippen LogP contribution >= 0.6 is 0 Å². The quantitative estimate of drug-likeness (QED) is 0.888. The van der Waals surface area contributed by atoms with Crippen molar-refractivity contribution in [3.8, 4) is 11.5 Å². The Morgan fingerprint density at radius 3 is 2.58 bits per heavy atom. The van der Waals surface area contributed by atoms with Crippen molar-refractivity contribution < 1.29 is 19.4 Å². The monoisotopic (exact) mass is 264 g/mol. The predicted octanol–water partition coefficient (Wildman–Crippen LogP) is 3.03. The van der Waals surface area contributed by atoms with E-state index >= 15 is 0 Å². The number of hydrogen-bond acceptors (Lipinski definition) is 3. The van der Waals surface area contributed by atoms with Crippen LogP contribution < -0.4 is 9.47 Å². The van der Waals surface area contributed by atoms with Gasteiger partial charge in [-0.1, -0.05) is 6.07 Å². The lowest BCUT2D eigenvalue weighted by molar-refractivity contribution is -0.136. The van der Waals surface area contributed by atoms with E-state index in [1.165, 1.54) is 12.8 Å². The molecule has 0 heterocycles. The SMILES string of the molecule is COc1cc(CC(=O)O)ccc1OC1(C)CCCC1. The molecule has 0 aliphatic heterocycles. The van der Waals surface area contributed by atoms with Crippen molar-refractivity contribution in [2.24, 2.45) is 0 Å². The summed E-state index contributed by atoms with van der Waals surface area (Å²) in [5.74, 6) is 0.450. The smallest absolute Gasteiger partial charge is 0.307 e. The summed E-state index contributed by atoms with van der Waals surface area (Å²) in [7, 11) is 1.57. The third-order valence-electron chi connectivity index (χ3n) is 3.60. The highest BCUT2D eigenvalue weighted by molar-refractivity contribution is 5.70. The van der Waals surface area contributed by atoms with Crippen LogP contribution in [0.2, 0.25) is 0 Å². The van der Waals surface area contributed by atoms with Gasteiger partial charge in [-0.25, -0.2) is 0 Å². The van der Waals surface area contributed by atoms with E-state index in [2.05, 4.69) is 6.92 Å². The van der Waals surface area contributed by atoms with Crippen molar-refractivity contribution >= 4 is 5.97 Å². The minimum absolute atomic E-state index is 0.00604. The molecule has 2 rings (SSSR count). The van der Waals surface area contributed by atoms with Crippen LogP contribution in [0, 0.1) is 0 Å². The van der Waals surface area contributed by atoms with Crippen molar-refractivity contribution in [3.05, 3.63) is 23.8 Å². The average Bonchev–Trinajstić information content (AvgIpc) is 2.77. The Morgan fingerprint density at radius 2 is 2.00 bits per heavy atom. The summed E-state index contributed by atoms with van der Waals surface area (Å²) >= 11 is 0. The molecular weight excluding hydrogens is 244 g/mol. The van der Waals surface area contributed by atoms with Gasteiger partial charge in [-0.05, 0) is 50.3 Å². The maximum absolute atomic E-state index is 10.7. The highest BCUT2D eigenvalue weighted by Gasteiger charge is 2.31. The Hall–Kier alpha value is -1.71. The Morgan fingerprint density at radius 1 is 1.32 bits per heavy atom. The average molecular weight is 264 g/mol. The fourth-order valence-corrected chi connectivity index (χ4v) is 2.57.